The van der Waals surface area contributed by atoms with E-state index in [4.69, 9.17) is 0 Å². The second-order valence-corrected chi connectivity index (χ2v) is 5.01. The van der Waals surface area contributed by atoms with E-state index in [0.29, 0.717) is 6.07 Å². The fourth-order valence-corrected chi connectivity index (χ4v) is 2.36. The van der Waals surface area contributed by atoms with Gasteiger partial charge in [-0.2, -0.15) is 0 Å². The van der Waals surface area contributed by atoms with Gasteiger partial charge in [0.2, 0.25) is 0 Å². The van der Waals surface area contributed by atoms with Gasteiger partial charge >= 0.3 is 0 Å². The van der Waals surface area contributed by atoms with Gasteiger partial charge in [-0.05, 0) is 35.1 Å². The Kier molecular flexibility index (Phi) is 4.45. The Hall–Kier alpha value is -1.40. The number of halogens is 5. The zero-order valence-corrected chi connectivity index (χ0v) is 11.9. The van der Waals surface area contributed by atoms with Crippen LogP contribution in [0, 0.1) is 23.3 Å². The third kappa shape index (κ3) is 2.71. The highest BCUT2D eigenvalue weighted by Gasteiger charge is 2.22. The standard InChI is InChI=1S/C14H10BrF4N/c1-20-14(7-3-2-4-9(15)13(7)19)8-5-11(17)12(18)6-10(8)16/h2-6,14,20H,1H3. The van der Waals surface area contributed by atoms with Crippen molar-refractivity contribution in [1.29, 1.82) is 0 Å². The van der Waals surface area contributed by atoms with Crippen molar-refractivity contribution < 1.29 is 17.6 Å². The first kappa shape index (κ1) is 15.0. The van der Waals surface area contributed by atoms with Gasteiger partial charge in [0.15, 0.2) is 11.6 Å². The molecule has 1 atom stereocenters. The second-order valence-electron chi connectivity index (χ2n) is 4.15. The van der Waals surface area contributed by atoms with Crippen molar-refractivity contribution in [2.75, 3.05) is 7.05 Å². The van der Waals surface area contributed by atoms with E-state index in [1.54, 1.807) is 6.07 Å². The fourth-order valence-electron chi connectivity index (χ4n) is 1.98. The predicted molar refractivity (Wildman–Crippen MR) is 71.3 cm³/mol. The van der Waals surface area contributed by atoms with Gasteiger partial charge in [-0.1, -0.05) is 12.1 Å². The van der Waals surface area contributed by atoms with Crippen LogP contribution in [0.15, 0.2) is 34.8 Å². The molecule has 0 heterocycles. The van der Waals surface area contributed by atoms with E-state index < -0.39 is 29.3 Å². The van der Waals surface area contributed by atoms with Gasteiger partial charge in [-0.15, -0.1) is 0 Å². The van der Waals surface area contributed by atoms with Crippen molar-refractivity contribution in [3.05, 3.63) is 69.2 Å². The minimum atomic E-state index is -1.28. The molecular weight excluding hydrogens is 338 g/mol. The van der Waals surface area contributed by atoms with Crippen LogP contribution in [0.5, 0.6) is 0 Å². The van der Waals surface area contributed by atoms with E-state index in [2.05, 4.69) is 21.2 Å². The van der Waals surface area contributed by atoms with Crippen molar-refractivity contribution in [2.45, 2.75) is 6.04 Å². The summed E-state index contributed by atoms with van der Waals surface area (Å²) in [6.45, 7) is 0. The molecule has 0 aliphatic heterocycles. The molecule has 1 unspecified atom stereocenters. The van der Waals surface area contributed by atoms with Gasteiger partial charge in [0.05, 0.1) is 10.5 Å². The summed E-state index contributed by atoms with van der Waals surface area (Å²) in [5.41, 5.74) is -0.0322. The van der Waals surface area contributed by atoms with Crippen LogP contribution in [0.25, 0.3) is 0 Å². The molecule has 0 aliphatic carbocycles. The lowest BCUT2D eigenvalue weighted by atomic mass is 9.97. The average molecular weight is 348 g/mol. The third-order valence-corrected chi connectivity index (χ3v) is 3.54. The third-order valence-electron chi connectivity index (χ3n) is 2.93. The molecule has 0 aromatic heterocycles. The summed E-state index contributed by atoms with van der Waals surface area (Å²) in [5, 5.41) is 2.70. The van der Waals surface area contributed by atoms with Crippen molar-refractivity contribution in [3.63, 3.8) is 0 Å². The van der Waals surface area contributed by atoms with Crippen molar-refractivity contribution >= 4 is 15.9 Å². The molecule has 1 nitrogen and oxygen atoms in total. The SMILES string of the molecule is CNC(c1cc(F)c(F)cc1F)c1cccc(Br)c1F. The maximum atomic E-state index is 14.1. The van der Waals surface area contributed by atoms with Gasteiger partial charge in [-0.3, -0.25) is 0 Å². The van der Waals surface area contributed by atoms with Gasteiger partial charge in [0, 0.05) is 17.2 Å². The first-order chi connectivity index (χ1) is 9.45. The topological polar surface area (TPSA) is 12.0 Å². The maximum absolute atomic E-state index is 14.1. The zero-order valence-electron chi connectivity index (χ0n) is 10.4. The van der Waals surface area contributed by atoms with Gasteiger partial charge in [0.1, 0.15) is 11.6 Å². The largest absolute Gasteiger partial charge is 0.309 e. The summed E-state index contributed by atoms with van der Waals surface area (Å²) in [6.07, 6.45) is 0. The Morgan fingerprint density at radius 3 is 2.25 bits per heavy atom. The minimum absolute atomic E-state index is 0.131. The van der Waals surface area contributed by atoms with Crippen LogP contribution in [0.2, 0.25) is 0 Å². The number of rotatable bonds is 3. The van der Waals surface area contributed by atoms with E-state index in [1.165, 1.54) is 19.2 Å². The van der Waals surface area contributed by atoms with Crippen molar-refractivity contribution in [3.8, 4) is 0 Å². The van der Waals surface area contributed by atoms with E-state index in [1.807, 2.05) is 0 Å². The van der Waals surface area contributed by atoms with Crippen LogP contribution in [0.3, 0.4) is 0 Å². The summed E-state index contributed by atoms with van der Waals surface area (Å²) in [7, 11) is 1.48. The number of nitrogens with one attached hydrogen (secondary N) is 1. The monoisotopic (exact) mass is 347 g/mol. The highest BCUT2D eigenvalue weighted by Crippen LogP contribution is 2.30. The fraction of sp³-hybridized carbons (Fsp3) is 0.143. The first-order valence-electron chi connectivity index (χ1n) is 5.71. The normalized spacial score (nSPS) is 12.5. The molecule has 0 radical (unpaired) electrons. The van der Waals surface area contributed by atoms with Crippen LogP contribution in [0.4, 0.5) is 17.6 Å². The average Bonchev–Trinajstić information content (AvgIpc) is 2.41. The highest BCUT2D eigenvalue weighted by molar-refractivity contribution is 9.10. The smallest absolute Gasteiger partial charge is 0.161 e. The van der Waals surface area contributed by atoms with E-state index >= 15 is 0 Å². The number of hydrogen-bond donors (Lipinski definition) is 1. The Bertz CT molecular complexity index is 645. The summed E-state index contributed by atoms with van der Waals surface area (Å²) < 4.78 is 54.3. The predicted octanol–water partition coefficient (Wildman–Crippen LogP) is 4.31. The van der Waals surface area contributed by atoms with E-state index in [0.717, 1.165) is 6.07 Å². The van der Waals surface area contributed by atoms with E-state index in [9.17, 15) is 17.6 Å². The quantitative estimate of drug-likeness (QED) is 0.644. The van der Waals surface area contributed by atoms with Crippen LogP contribution in [-0.4, -0.2) is 7.05 Å². The van der Waals surface area contributed by atoms with Gasteiger partial charge < -0.3 is 5.32 Å². The molecule has 2 rings (SSSR count). The molecule has 0 saturated heterocycles. The molecule has 0 saturated carbocycles. The van der Waals surface area contributed by atoms with Crippen molar-refractivity contribution in [1.82, 2.24) is 5.32 Å². The number of benzene rings is 2. The van der Waals surface area contributed by atoms with Gasteiger partial charge in [-0.25, -0.2) is 17.6 Å². The second kappa shape index (κ2) is 5.93. The molecule has 0 bridgehead atoms. The zero-order chi connectivity index (χ0) is 14.9. The highest BCUT2D eigenvalue weighted by atomic mass is 79.9. The lowest BCUT2D eigenvalue weighted by Gasteiger charge is -2.19. The molecule has 2 aromatic rings. The Labute approximate surface area is 121 Å². The van der Waals surface area contributed by atoms with Gasteiger partial charge in [0.25, 0.3) is 0 Å². The Morgan fingerprint density at radius 2 is 1.60 bits per heavy atom. The minimum Gasteiger partial charge on any atom is -0.309 e. The number of hydrogen-bond acceptors (Lipinski definition) is 1. The maximum Gasteiger partial charge on any atom is 0.161 e. The molecule has 1 N–H and O–H groups in total. The van der Waals surface area contributed by atoms with Crippen LogP contribution < -0.4 is 5.32 Å². The van der Waals surface area contributed by atoms with Crippen LogP contribution >= 0.6 is 15.9 Å². The summed E-state index contributed by atoms with van der Waals surface area (Å²) in [5.74, 6) is -3.99. The summed E-state index contributed by atoms with van der Waals surface area (Å²) >= 11 is 3.03. The molecule has 0 aliphatic rings. The molecule has 0 fully saturated rings. The summed E-state index contributed by atoms with van der Waals surface area (Å²) in [4.78, 5) is 0. The molecule has 0 spiro atoms. The Morgan fingerprint density at radius 1 is 0.950 bits per heavy atom. The lowest BCUT2D eigenvalue weighted by Crippen LogP contribution is -2.21. The molecular formula is C14H10BrF4N. The molecule has 6 heteroatoms. The molecule has 106 valence electrons. The lowest BCUT2D eigenvalue weighted by molar-refractivity contribution is 0.480. The van der Waals surface area contributed by atoms with E-state index in [-0.39, 0.29) is 15.6 Å². The van der Waals surface area contributed by atoms with Crippen LogP contribution in [0.1, 0.15) is 17.2 Å². The first-order valence-corrected chi connectivity index (χ1v) is 6.50. The molecule has 20 heavy (non-hydrogen) atoms. The molecule has 2 aromatic carbocycles. The van der Waals surface area contributed by atoms with Crippen LogP contribution in [-0.2, 0) is 0 Å². The Balaban J connectivity index is 2.58. The molecule has 0 amide bonds. The summed E-state index contributed by atoms with van der Waals surface area (Å²) in [6, 6.07) is 4.76. The van der Waals surface area contributed by atoms with Crippen molar-refractivity contribution in [2.24, 2.45) is 0 Å².